The number of rotatable bonds is 6. The highest BCUT2D eigenvalue weighted by Gasteiger charge is 2.24. The Labute approximate surface area is 108 Å². The van der Waals surface area contributed by atoms with Crippen LogP contribution in [0.15, 0.2) is 5.38 Å². The van der Waals surface area contributed by atoms with E-state index in [1.807, 2.05) is 18.4 Å². The molecule has 0 radical (unpaired) electrons. The van der Waals surface area contributed by atoms with Gasteiger partial charge in [0.1, 0.15) is 5.01 Å². The summed E-state index contributed by atoms with van der Waals surface area (Å²) in [5, 5.41) is 6.80. The molecule has 1 fully saturated rings. The average molecular weight is 253 g/mol. The van der Waals surface area contributed by atoms with Crippen LogP contribution in [0.2, 0.25) is 0 Å². The Morgan fingerprint density at radius 2 is 2.47 bits per heavy atom. The molecule has 1 atom stereocenters. The van der Waals surface area contributed by atoms with Gasteiger partial charge in [-0.1, -0.05) is 13.3 Å². The Hall–Kier alpha value is -0.450. The molecule has 0 bridgehead atoms. The Bertz CT molecular complexity index is 337. The third-order valence-corrected chi connectivity index (χ3v) is 4.27. The maximum Gasteiger partial charge on any atom is 0.107 e. The van der Waals surface area contributed by atoms with Crippen molar-refractivity contribution in [1.29, 1.82) is 0 Å². The molecular weight excluding hydrogens is 230 g/mol. The van der Waals surface area contributed by atoms with Crippen LogP contribution in [0.5, 0.6) is 0 Å². The number of aryl methyl sites for hydroxylation is 1. The van der Waals surface area contributed by atoms with Crippen molar-refractivity contribution in [2.75, 3.05) is 20.1 Å². The second kappa shape index (κ2) is 6.47. The second-order valence-corrected chi connectivity index (χ2v) is 5.75. The van der Waals surface area contributed by atoms with Crippen LogP contribution in [0, 0.1) is 0 Å². The number of aromatic nitrogens is 1. The molecule has 0 aliphatic carbocycles. The van der Waals surface area contributed by atoms with E-state index in [9.17, 15) is 0 Å². The summed E-state index contributed by atoms with van der Waals surface area (Å²) in [6.45, 7) is 5.59. The first kappa shape index (κ1) is 13.0. The number of nitrogens with zero attached hydrogens (tertiary/aromatic N) is 2. The van der Waals surface area contributed by atoms with Crippen molar-refractivity contribution < 1.29 is 0 Å². The lowest BCUT2D eigenvalue weighted by Gasteiger charge is -2.22. The van der Waals surface area contributed by atoms with Gasteiger partial charge in [-0.15, -0.1) is 11.3 Å². The molecule has 0 aromatic carbocycles. The molecule has 4 heteroatoms. The van der Waals surface area contributed by atoms with Crippen LogP contribution in [-0.4, -0.2) is 36.1 Å². The van der Waals surface area contributed by atoms with Crippen molar-refractivity contribution in [2.24, 2.45) is 0 Å². The Balaban J connectivity index is 1.90. The van der Waals surface area contributed by atoms with Gasteiger partial charge in [-0.3, -0.25) is 4.90 Å². The van der Waals surface area contributed by atoms with Gasteiger partial charge < -0.3 is 5.32 Å². The summed E-state index contributed by atoms with van der Waals surface area (Å²) in [5.41, 5.74) is 1.27. The first-order valence-corrected chi connectivity index (χ1v) is 7.53. The third kappa shape index (κ3) is 3.50. The number of hydrogen-bond donors (Lipinski definition) is 1. The Morgan fingerprint density at radius 3 is 3.24 bits per heavy atom. The molecule has 1 unspecified atom stereocenters. The van der Waals surface area contributed by atoms with Crippen molar-refractivity contribution in [3.05, 3.63) is 16.1 Å². The molecule has 1 N–H and O–H groups in total. The number of nitrogens with one attached hydrogen (secondary N) is 1. The van der Waals surface area contributed by atoms with Crippen LogP contribution in [0.1, 0.15) is 36.9 Å². The fourth-order valence-electron chi connectivity index (χ4n) is 2.54. The van der Waals surface area contributed by atoms with Gasteiger partial charge in [0.25, 0.3) is 0 Å². The van der Waals surface area contributed by atoms with E-state index in [1.54, 1.807) is 0 Å². The van der Waals surface area contributed by atoms with Gasteiger partial charge in [0.15, 0.2) is 0 Å². The van der Waals surface area contributed by atoms with Crippen LogP contribution >= 0.6 is 11.3 Å². The Kier molecular flexibility index (Phi) is 4.95. The van der Waals surface area contributed by atoms with Crippen LogP contribution in [-0.2, 0) is 13.0 Å². The van der Waals surface area contributed by atoms with Gasteiger partial charge >= 0.3 is 0 Å². The minimum atomic E-state index is 0.707. The SMILES string of the molecule is CCCc1csc(CN2CCCC2CNC)n1. The first-order valence-electron chi connectivity index (χ1n) is 6.65. The summed E-state index contributed by atoms with van der Waals surface area (Å²) in [4.78, 5) is 7.29. The summed E-state index contributed by atoms with van der Waals surface area (Å²) < 4.78 is 0. The molecule has 0 saturated carbocycles. The van der Waals surface area contributed by atoms with E-state index in [1.165, 1.54) is 36.5 Å². The zero-order chi connectivity index (χ0) is 12.1. The third-order valence-electron chi connectivity index (χ3n) is 3.38. The molecular formula is C13H23N3S. The quantitative estimate of drug-likeness (QED) is 0.843. The average Bonchev–Trinajstić information content (AvgIpc) is 2.91. The highest BCUT2D eigenvalue weighted by Crippen LogP contribution is 2.21. The molecule has 1 aliphatic rings. The smallest absolute Gasteiger partial charge is 0.107 e. The molecule has 1 saturated heterocycles. The molecule has 1 aromatic rings. The molecule has 96 valence electrons. The monoisotopic (exact) mass is 253 g/mol. The normalized spacial score (nSPS) is 21.2. The maximum atomic E-state index is 4.71. The Morgan fingerprint density at radius 1 is 1.59 bits per heavy atom. The van der Waals surface area contributed by atoms with E-state index in [4.69, 9.17) is 4.98 Å². The molecule has 17 heavy (non-hydrogen) atoms. The second-order valence-electron chi connectivity index (χ2n) is 4.81. The van der Waals surface area contributed by atoms with E-state index >= 15 is 0 Å². The minimum Gasteiger partial charge on any atom is -0.318 e. The van der Waals surface area contributed by atoms with Crippen molar-refractivity contribution in [3.8, 4) is 0 Å². The topological polar surface area (TPSA) is 28.2 Å². The molecule has 2 rings (SSSR count). The summed E-state index contributed by atoms with van der Waals surface area (Å²) in [7, 11) is 2.04. The van der Waals surface area contributed by atoms with Crippen molar-refractivity contribution in [2.45, 2.75) is 45.2 Å². The summed E-state index contributed by atoms with van der Waals surface area (Å²) in [5.74, 6) is 0. The zero-order valence-electron chi connectivity index (χ0n) is 10.9. The lowest BCUT2D eigenvalue weighted by atomic mass is 10.2. The van der Waals surface area contributed by atoms with Gasteiger partial charge in [0, 0.05) is 18.0 Å². The van der Waals surface area contributed by atoms with E-state index < -0.39 is 0 Å². The fourth-order valence-corrected chi connectivity index (χ4v) is 3.39. The van der Waals surface area contributed by atoms with Crippen LogP contribution < -0.4 is 5.32 Å². The summed E-state index contributed by atoms with van der Waals surface area (Å²) in [6, 6.07) is 0.707. The van der Waals surface area contributed by atoms with Crippen LogP contribution in [0.4, 0.5) is 0 Å². The minimum absolute atomic E-state index is 0.707. The van der Waals surface area contributed by atoms with Crippen LogP contribution in [0.25, 0.3) is 0 Å². The number of thiazole rings is 1. The highest BCUT2D eigenvalue weighted by molar-refractivity contribution is 7.09. The van der Waals surface area contributed by atoms with Gasteiger partial charge in [-0.2, -0.15) is 0 Å². The molecule has 1 aliphatic heterocycles. The zero-order valence-corrected chi connectivity index (χ0v) is 11.7. The fraction of sp³-hybridized carbons (Fsp3) is 0.769. The molecule has 1 aromatic heterocycles. The number of likely N-dealkylation sites (tertiary alicyclic amines) is 1. The van der Waals surface area contributed by atoms with E-state index in [0.717, 1.165) is 19.5 Å². The van der Waals surface area contributed by atoms with Gasteiger partial charge in [-0.25, -0.2) is 4.98 Å². The largest absolute Gasteiger partial charge is 0.318 e. The molecule has 0 amide bonds. The van der Waals surface area contributed by atoms with Crippen LogP contribution in [0.3, 0.4) is 0 Å². The van der Waals surface area contributed by atoms with Crippen molar-refractivity contribution in [3.63, 3.8) is 0 Å². The lowest BCUT2D eigenvalue weighted by Crippen LogP contribution is -2.36. The predicted molar refractivity (Wildman–Crippen MR) is 73.5 cm³/mol. The predicted octanol–water partition coefficient (Wildman–Crippen LogP) is 2.28. The van der Waals surface area contributed by atoms with Crippen molar-refractivity contribution >= 4 is 11.3 Å². The van der Waals surface area contributed by atoms with E-state index in [-0.39, 0.29) is 0 Å². The highest BCUT2D eigenvalue weighted by atomic mass is 32.1. The molecule has 2 heterocycles. The maximum absolute atomic E-state index is 4.71. The lowest BCUT2D eigenvalue weighted by molar-refractivity contribution is 0.242. The summed E-state index contributed by atoms with van der Waals surface area (Å²) >= 11 is 1.82. The van der Waals surface area contributed by atoms with Gasteiger partial charge in [0.2, 0.25) is 0 Å². The summed E-state index contributed by atoms with van der Waals surface area (Å²) in [6.07, 6.45) is 4.97. The molecule has 0 spiro atoms. The number of likely N-dealkylation sites (N-methyl/N-ethyl adjacent to an activating group) is 1. The van der Waals surface area contributed by atoms with Gasteiger partial charge in [0.05, 0.1) is 12.2 Å². The standard InChI is InChI=1S/C13H23N3S/c1-3-5-11-10-17-13(15-11)9-16-7-4-6-12(16)8-14-2/h10,12,14H,3-9H2,1-2H3. The first-order chi connectivity index (χ1) is 8.33. The van der Waals surface area contributed by atoms with Gasteiger partial charge in [-0.05, 0) is 32.9 Å². The van der Waals surface area contributed by atoms with E-state index in [2.05, 4.69) is 22.5 Å². The van der Waals surface area contributed by atoms with E-state index in [0.29, 0.717) is 6.04 Å². The molecule has 3 nitrogen and oxygen atoms in total. The van der Waals surface area contributed by atoms with Crippen molar-refractivity contribution in [1.82, 2.24) is 15.2 Å². The number of hydrogen-bond acceptors (Lipinski definition) is 4.